The molecule has 0 saturated heterocycles. The van der Waals surface area contributed by atoms with Crippen LogP contribution in [0.15, 0.2) is 202 Å². The van der Waals surface area contributed by atoms with Crippen molar-refractivity contribution in [3.8, 4) is 54.3 Å². The summed E-state index contributed by atoms with van der Waals surface area (Å²) in [5, 5.41) is 9.09. The number of fused-ring (bicyclic) bond motifs is 9. The zero-order chi connectivity index (χ0) is 52.2. The molecular weight excluding hydrogens is 983 g/mol. The van der Waals surface area contributed by atoms with Crippen molar-refractivity contribution >= 4 is 83.8 Å². The number of rotatable bonds is 6. The third-order valence-electron chi connectivity index (χ3n) is 14.7. The fourth-order valence-electron chi connectivity index (χ4n) is 10.7. The van der Waals surface area contributed by atoms with Gasteiger partial charge in [0.1, 0.15) is 17.2 Å². The van der Waals surface area contributed by atoms with Gasteiger partial charge in [-0.25, -0.2) is 0 Å². The van der Waals surface area contributed by atoms with Gasteiger partial charge in [-0.15, -0.1) is 19.3 Å². The summed E-state index contributed by atoms with van der Waals surface area (Å²) in [6, 6.07) is 60.3. The van der Waals surface area contributed by atoms with Gasteiger partial charge in [-0.1, -0.05) is 200 Å². The molecule has 3 heterocycles. The average Bonchev–Trinajstić information content (AvgIpc) is 3.46. The molecule has 3 aliphatic heterocycles. The molecule has 6 heteroatoms. The summed E-state index contributed by atoms with van der Waals surface area (Å²) in [6.45, 7) is 14.5. The van der Waals surface area contributed by atoms with Gasteiger partial charge in [0.2, 0.25) is 0 Å². The van der Waals surface area contributed by atoms with Gasteiger partial charge in [0.25, 0.3) is 0 Å². The van der Waals surface area contributed by atoms with Crippen LogP contribution in [0, 0.1) is 54.8 Å². The molecule has 0 radical (unpaired) electrons. The van der Waals surface area contributed by atoms with Crippen LogP contribution in [-0.2, 0) is 0 Å². The third-order valence-corrected chi connectivity index (χ3v) is 15.5. The first kappa shape index (κ1) is 50.5. The Morgan fingerprint density at radius 3 is 0.867 bits per heavy atom. The largest absolute Gasteiger partial charge is 0.493 e. The normalized spacial score (nSPS) is 18.9. The van der Waals surface area contributed by atoms with Crippen molar-refractivity contribution in [1.82, 2.24) is 0 Å². The molecular formula is C69H51Cl3O3. The minimum Gasteiger partial charge on any atom is -0.493 e. The molecule has 3 nitrogen and oxygen atoms in total. The van der Waals surface area contributed by atoms with E-state index < -0.39 is 0 Å². The first-order valence-electron chi connectivity index (χ1n) is 24.7. The summed E-state index contributed by atoms with van der Waals surface area (Å²) >= 11 is 18.0. The number of hydrogen-bond donors (Lipinski definition) is 0. The van der Waals surface area contributed by atoms with E-state index in [9.17, 15) is 0 Å². The van der Waals surface area contributed by atoms with Gasteiger partial charge in [0.05, 0.1) is 37.6 Å². The van der Waals surface area contributed by atoms with Crippen molar-refractivity contribution < 1.29 is 14.2 Å². The topological polar surface area (TPSA) is 27.7 Å². The van der Waals surface area contributed by atoms with Crippen LogP contribution in [0.25, 0.3) is 49.0 Å². The summed E-state index contributed by atoms with van der Waals surface area (Å²) < 4.78 is 18.2. The predicted molar refractivity (Wildman–Crippen MR) is 315 cm³/mol. The van der Waals surface area contributed by atoms with Crippen molar-refractivity contribution in [2.75, 3.05) is 19.8 Å². The quantitative estimate of drug-likeness (QED) is 0.155. The Labute approximate surface area is 455 Å². The van der Waals surface area contributed by atoms with E-state index in [0.29, 0.717) is 34.9 Å². The Kier molecular flexibility index (Phi) is 14.9. The van der Waals surface area contributed by atoms with Gasteiger partial charge in [0, 0.05) is 49.5 Å². The van der Waals surface area contributed by atoms with Crippen molar-refractivity contribution in [2.45, 2.75) is 17.8 Å². The monoisotopic (exact) mass is 1030 g/mol. The number of terminal acetylenes is 3. The lowest BCUT2D eigenvalue weighted by Gasteiger charge is -2.33. The molecule has 0 spiro atoms. The van der Waals surface area contributed by atoms with Crippen LogP contribution in [0.3, 0.4) is 0 Å². The zero-order valence-electron chi connectivity index (χ0n) is 41.1. The highest BCUT2D eigenvalue weighted by Crippen LogP contribution is 2.48. The first-order chi connectivity index (χ1) is 36.6. The summed E-state index contributed by atoms with van der Waals surface area (Å²) in [5.74, 6) is 11.5. The molecule has 12 rings (SSSR count). The van der Waals surface area contributed by atoms with Gasteiger partial charge < -0.3 is 14.2 Å². The molecule has 0 aromatic heterocycles. The molecule has 6 atom stereocenters. The smallest absolute Gasteiger partial charge is 0.124 e. The molecule has 0 amide bonds. The summed E-state index contributed by atoms with van der Waals surface area (Å²) in [4.78, 5) is 0. The second kappa shape index (κ2) is 22.2. The highest BCUT2D eigenvalue weighted by molar-refractivity contribution is 6.31. The van der Waals surface area contributed by atoms with E-state index in [1.165, 1.54) is 16.2 Å². The Hall–Kier alpha value is -8.07. The van der Waals surface area contributed by atoms with E-state index in [1.54, 1.807) is 0 Å². The van der Waals surface area contributed by atoms with Gasteiger partial charge in [-0.2, -0.15) is 0 Å². The summed E-state index contributed by atoms with van der Waals surface area (Å²) in [6.07, 6.45) is 17.9. The van der Waals surface area contributed by atoms with Gasteiger partial charge in [0.15, 0.2) is 0 Å². The molecule has 9 aromatic carbocycles. The van der Waals surface area contributed by atoms with Crippen LogP contribution in [0.1, 0.15) is 51.1 Å². The van der Waals surface area contributed by atoms with E-state index >= 15 is 0 Å². The maximum Gasteiger partial charge on any atom is 0.124 e. The minimum absolute atomic E-state index is 0.0319. The van der Waals surface area contributed by atoms with E-state index in [0.717, 1.165) is 83.5 Å². The fourth-order valence-corrected chi connectivity index (χ4v) is 11.1. The van der Waals surface area contributed by atoms with Gasteiger partial charge in [-0.05, 0) is 120 Å². The number of halogens is 3. The second-order valence-electron chi connectivity index (χ2n) is 18.9. The third kappa shape index (κ3) is 10.2. The standard InChI is InChI=1S/3C23H17ClO/c3*1-3-19-21(15(2)16-8-11-18(24)12-9-16)14-25-22-13-10-17-6-4-5-7-20(17)23(19)22/h3*1,4-13,19,21H,2,14H2/t3*19-,21+/m000/s1. The highest BCUT2D eigenvalue weighted by atomic mass is 35.5. The number of hydrogen-bond acceptors (Lipinski definition) is 3. The predicted octanol–water partition coefficient (Wildman–Crippen LogP) is 17.8. The van der Waals surface area contributed by atoms with Crippen LogP contribution < -0.4 is 14.2 Å². The lowest BCUT2D eigenvalue weighted by Crippen LogP contribution is -2.26. The minimum atomic E-state index is -0.0713. The molecule has 3 aliphatic rings. The Morgan fingerprint density at radius 2 is 0.613 bits per heavy atom. The molecule has 0 unspecified atom stereocenters. The highest BCUT2D eigenvalue weighted by Gasteiger charge is 2.36. The molecule has 0 fully saturated rings. The average molecular weight is 1030 g/mol. The van der Waals surface area contributed by atoms with Crippen molar-refractivity contribution in [3.63, 3.8) is 0 Å². The molecule has 0 N–H and O–H groups in total. The van der Waals surface area contributed by atoms with Crippen LogP contribution in [0.5, 0.6) is 17.2 Å². The van der Waals surface area contributed by atoms with Crippen molar-refractivity contribution in [2.24, 2.45) is 17.8 Å². The SMILES string of the molecule is C#C[C@@H]1c2c(ccc3ccccc23)OC[C@@H]1C(=C)c1ccc(Cl)cc1.C#C[C@@H]1c2c(ccc3ccccc23)OC[C@@H]1C(=C)c1ccc(Cl)cc1.C#C[C@@H]1c2c(ccc3ccccc23)OC[C@@H]1C(=C)c1ccc(Cl)cc1. The fraction of sp³-hybridized carbons (Fsp3) is 0.130. The molecule has 0 bridgehead atoms. The van der Waals surface area contributed by atoms with E-state index in [4.69, 9.17) is 68.3 Å². The lowest BCUT2D eigenvalue weighted by molar-refractivity contribution is 0.246. The first-order valence-corrected chi connectivity index (χ1v) is 25.9. The lowest BCUT2D eigenvalue weighted by atomic mass is 9.77. The molecule has 0 saturated carbocycles. The van der Waals surface area contributed by atoms with E-state index in [-0.39, 0.29) is 35.5 Å². The Bertz CT molecular complexity index is 3380. The van der Waals surface area contributed by atoms with E-state index in [1.807, 2.05) is 127 Å². The Balaban J connectivity index is 0.000000128. The van der Waals surface area contributed by atoms with Crippen LogP contribution in [0.4, 0.5) is 0 Å². The number of benzene rings is 9. The van der Waals surface area contributed by atoms with Gasteiger partial charge in [-0.3, -0.25) is 0 Å². The Morgan fingerprint density at radius 1 is 0.360 bits per heavy atom. The van der Waals surface area contributed by atoms with Crippen LogP contribution in [0.2, 0.25) is 15.1 Å². The second-order valence-corrected chi connectivity index (χ2v) is 20.2. The summed E-state index contributed by atoms with van der Waals surface area (Å²) in [7, 11) is 0. The summed E-state index contributed by atoms with van der Waals surface area (Å²) in [5.41, 5.74) is 9.35. The maximum absolute atomic E-state index is 6.06. The zero-order valence-corrected chi connectivity index (χ0v) is 43.4. The molecule has 366 valence electrons. The van der Waals surface area contributed by atoms with Crippen molar-refractivity contribution in [3.05, 3.63) is 250 Å². The van der Waals surface area contributed by atoms with Crippen LogP contribution in [-0.4, -0.2) is 19.8 Å². The molecule has 9 aromatic rings. The molecule has 75 heavy (non-hydrogen) atoms. The van der Waals surface area contributed by atoms with Crippen LogP contribution >= 0.6 is 34.8 Å². The maximum atomic E-state index is 6.06. The van der Waals surface area contributed by atoms with Gasteiger partial charge >= 0.3 is 0 Å². The van der Waals surface area contributed by atoms with E-state index in [2.05, 4.69) is 92.1 Å². The number of ether oxygens (including phenoxy) is 3. The molecule has 0 aliphatic carbocycles. The van der Waals surface area contributed by atoms with Crippen molar-refractivity contribution in [1.29, 1.82) is 0 Å².